The number of esters is 1. The Labute approximate surface area is 160 Å². The first-order chi connectivity index (χ1) is 13.0. The van der Waals surface area contributed by atoms with Crippen molar-refractivity contribution in [2.45, 2.75) is 59.4 Å². The van der Waals surface area contributed by atoms with Gasteiger partial charge in [-0.3, -0.25) is 4.89 Å². The highest BCUT2D eigenvalue weighted by molar-refractivity contribution is 6.02. The summed E-state index contributed by atoms with van der Waals surface area (Å²) in [5, 5.41) is 0. The van der Waals surface area contributed by atoms with Gasteiger partial charge in [-0.05, 0) is 31.9 Å². The molecule has 1 rings (SSSR count). The van der Waals surface area contributed by atoms with Crippen molar-refractivity contribution in [1.29, 1.82) is 0 Å². The zero-order chi connectivity index (χ0) is 20.1. The SMILES string of the molecule is CCCCOC(C)(OCCCC)OOC(=O)c1ccccc1C(=O)OCC. The molecular weight excluding hydrogens is 352 g/mol. The summed E-state index contributed by atoms with van der Waals surface area (Å²) in [6, 6.07) is 6.21. The Morgan fingerprint density at radius 2 is 1.41 bits per heavy atom. The summed E-state index contributed by atoms with van der Waals surface area (Å²) >= 11 is 0. The van der Waals surface area contributed by atoms with E-state index in [1.165, 1.54) is 12.1 Å². The lowest BCUT2D eigenvalue weighted by atomic mass is 10.1. The van der Waals surface area contributed by atoms with Crippen LogP contribution in [0.2, 0.25) is 0 Å². The van der Waals surface area contributed by atoms with Gasteiger partial charge in [0.25, 0.3) is 0 Å². The van der Waals surface area contributed by atoms with Crippen molar-refractivity contribution in [2.75, 3.05) is 19.8 Å². The predicted molar refractivity (Wildman–Crippen MR) is 99.0 cm³/mol. The first kappa shape index (κ1) is 23.1. The molecule has 7 nitrogen and oxygen atoms in total. The molecular formula is C20H30O7. The number of carbonyl (C=O) groups is 2. The largest absolute Gasteiger partial charge is 0.462 e. The number of hydrogen-bond acceptors (Lipinski definition) is 7. The Hall–Kier alpha value is -1.96. The van der Waals surface area contributed by atoms with Crippen molar-refractivity contribution in [3.8, 4) is 0 Å². The fourth-order valence-electron chi connectivity index (χ4n) is 2.10. The van der Waals surface area contributed by atoms with E-state index in [1.54, 1.807) is 26.0 Å². The lowest BCUT2D eigenvalue weighted by Gasteiger charge is -2.27. The first-order valence-corrected chi connectivity index (χ1v) is 9.41. The highest BCUT2D eigenvalue weighted by atomic mass is 17.3. The van der Waals surface area contributed by atoms with Crippen LogP contribution in [0, 0.1) is 0 Å². The molecule has 0 spiro atoms. The van der Waals surface area contributed by atoms with Gasteiger partial charge in [0.1, 0.15) is 0 Å². The minimum atomic E-state index is -1.52. The van der Waals surface area contributed by atoms with Crippen molar-refractivity contribution in [3.05, 3.63) is 35.4 Å². The second kappa shape index (κ2) is 12.4. The van der Waals surface area contributed by atoms with Crippen LogP contribution in [-0.4, -0.2) is 37.7 Å². The van der Waals surface area contributed by atoms with Crippen molar-refractivity contribution >= 4 is 11.9 Å². The molecule has 0 aliphatic carbocycles. The van der Waals surface area contributed by atoms with Crippen LogP contribution >= 0.6 is 0 Å². The molecule has 1 aromatic carbocycles. The third-order valence-electron chi connectivity index (χ3n) is 3.64. The summed E-state index contributed by atoms with van der Waals surface area (Å²) in [6.07, 6.45) is 3.51. The molecule has 0 saturated carbocycles. The maximum absolute atomic E-state index is 12.4. The van der Waals surface area contributed by atoms with Gasteiger partial charge in [0.15, 0.2) is 0 Å². The van der Waals surface area contributed by atoms with Gasteiger partial charge in [-0.25, -0.2) is 9.59 Å². The van der Waals surface area contributed by atoms with E-state index in [4.69, 9.17) is 24.0 Å². The van der Waals surface area contributed by atoms with E-state index in [0.29, 0.717) is 13.2 Å². The number of rotatable bonds is 13. The zero-order valence-electron chi connectivity index (χ0n) is 16.6. The number of hydrogen-bond donors (Lipinski definition) is 0. The summed E-state index contributed by atoms with van der Waals surface area (Å²) in [4.78, 5) is 34.5. The highest BCUT2D eigenvalue weighted by Gasteiger charge is 2.31. The van der Waals surface area contributed by atoms with Gasteiger partial charge in [-0.15, -0.1) is 4.89 Å². The maximum atomic E-state index is 12.4. The second-order valence-corrected chi connectivity index (χ2v) is 5.99. The summed E-state index contributed by atoms with van der Waals surface area (Å²) in [7, 11) is 0. The molecule has 27 heavy (non-hydrogen) atoms. The summed E-state index contributed by atoms with van der Waals surface area (Å²) < 4.78 is 16.2. The van der Waals surface area contributed by atoms with Gasteiger partial charge < -0.3 is 14.2 Å². The highest BCUT2D eigenvalue weighted by Crippen LogP contribution is 2.19. The molecule has 0 saturated heterocycles. The number of unbranched alkanes of at least 4 members (excludes halogenated alkanes) is 2. The molecule has 0 N–H and O–H groups in total. The number of ether oxygens (including phenoxy) is 3. The third kappa shape index (κ3) is 8.07. The quantitative estimate of drug-likeness (QED) is 0.166. The standard InChI is InChI=1S/C20H30O7/c1-5-8-14-24-20(4,25-15-9-6-2)27-26-19(22)17-13-11-10-12-16(17)18(21)23-7-3/h10-13H,5-9,14-15H2,1-4H3. The van der Waals surface area contributed by atoms with Crippen molar-refractivity contribution in [3.63, 3.8) is 0 Å². The Balaban J connectivity index is 2.79. The molecule has 0 bridgehead atoms. The van der Waals surface area contributed by atoms with Gasteiger partial charge in [-0.1, -0.05) is 38.8 Å². The van der Waals surface area contributed by atoms with E-state index in [9.17, 15) is 9.59 Å². The van der Waals surface area contributed by atoms with Crippen LogP contribution < -0.4 is 0 Å². The fraction of sp³-hybridized carbons (Fsp3) is 0.600. The predicted octanol–water partition coefficient (Wildman–Crippen LogP) is 4.26. The van der Waals surface area contributed by atoms with Crippen LogP contribution in [0.4, 0.5) is 0 Å². The van der Waals surface area contributed by atoms with Gasteiger partial charge in [0, 0.05) is 6.92 Å². The third-order valence-corrected chi connectivity index (χ3v) is 3.64. The topological polar surface area (TPSA) is 80.3 Å². The van der Waals surface area contributed by atoms with Gasteiger partial charge in [-0.2, -0.15) is 0 Å². The van der Waals surface area contributed by atoms with Crippen LogP contribution in [0.3, 0.4) is 0 Å². The van der Waals surface area contributed by atoms with Crippen molar-refractivity contribution < 1.29 is 33.6 Å². The lowest BCUT2D eigenvalue weighted by molar-refractivity contribution is -0.477. The minimum Gasteiger partial charge on any atom is -0.462 e. The summed E-state index contributed by atoms with van der Waals surface area (Å²) in [5.41, 5.74) is 0.147. The van der Waals surface area contributed by atoms with Gasteiger partial charge >= 0.3 is 17.9 Å². The van der Waals surface area contributed by atoms with Crippen LogP contribution in [-0.2, 0) is 24.0 Å². The van der Waals surface area contributed by atoms with E-state index >= 15 is 0 Å². The maximum Gasteiger partial charge on any atom is 0.374 e. The fourth-order valence-corrected chi connectivity index (χ4v) is 2.10. The van der Waals surface area contributed by atoms with Crippen LogP contribution in [0.25, 0.3) is 0 Å². The van der Waals surface area contributed by atoms with E-state index in [1.807, 2.05) is 13.8 Å². The average Bonchev–Trinajstić information content (AvgIpc) is 2.67. The average molecular weight is 382 g/mol. The minimum absolute atomic E-state index is 0.0421. The van der Waals surface area contributed by atoms with E-state index in [-0.39, 0.29) is 17.7 Å². The second-order valence-electron chi connectivity index (χ2n) is 5.99. The molecule has 0 radical (unpaired) electrons. The Bertz CT molecular complexity index is 575. The molecule has 0 unspecified atom stereocenters. The van der Waals surface area contributed by atoms with E-state index in [2.05, 4.69) is 0 Å². The van der Waals surface area contributed by atoms with E-state index < -0.39 is 17.9 Å². The molecule has 0 aromatic heterocycles. The molecule has 1 aromatic rings. The van der Waals surface area contributed by atoms with Gasteiger partial charge in [0.05, 0.1) is 30.9 Å². The molecule has 0 heterocycles. The molecule has 7 heteroatoms. The molecule has 0 amide bonds. The lowest BCUT2D eigenvalue weighted by Crippen LogP contribution is -2.37. The number of benzene rings is 1. The first-order valence-electron chi connectivity index (χ1n) is 9.41. The Kier molecular flexibility index (Phi) is 10.6. The van der Waals surface area contributed by atoms with Crippen LogP contribution in [0.5, 0.6) is 0 Å². The summed E-state index contributed by atoms with van der Waals surface area (Å²) in [6.45, 7) is 8.30. The normalized spacial score (nSPS) is 11.3. The monoisotopic (exact) mass is 382 g/mol. The number of carbonyl (C=O) groups excluding carboxylic acids is 2. The van der Waals surface area contributed by atoms with Gasteiger partial charge in [0.2, 0.25) is 0 Å². The summed E-state index contributed by atoms with van der Waals surface area (Å²) in [5.74, 6) is -2.95. The molecule has 0 atom stereocenters. The van der Waals surface area contributed by atoms with Crippen LogP contribution in [0.15, 0.2) is 24.3 Å². The van der Waals surface area contributed by atoms with E-state index in [0.717, 1.165) is 25.7 Å². The molecule has 152 valence electrons. The smallest absolute Gasteiger partial charge is 0.374 e. The van der Waals surface area contributed by atoms with Crippen LogP contribution in [0.1, 0.15) is 74.1 Å². The Morgan fingerprint density at radius 1 is 0.889 bits per heavy atom. The molecule has 0 fully saturated rings. The Morgan fingerprint density at radius 3 is 1.89 bits per heavy atom. The molecule has 0 aliphatic rings. The zero-order valence-corrected chi connectivity index (χ0v) is 16.6. The molecule has 0 aliphatic heterocycles. The van der Waals surface area contributed by atoms with Crippen molar-refractivity contribution in [1.82, 2.24) is 0 Å². The van der Waals surface area contributed by atoms with Crippen molar-refractivity contribution in [2.24, 2.45) is 0 Å².